The van der Waals surface area contributed by atoms with Gasteiger partial charge in [0.05, 0.1) is 16.8 Å². The molecule has 3 N–H and O–H groups in total. The molecule has 0 bridgehead atoms. The molecule has 0 spiro atoms. The number of hydrogen-bond acceptors (Lipinski definition) is 4. The van der Waals surface area contributed by atoms with E-state index in [-0.39, 0.29) is 41.2 Å². The number of hydrogen-bond donors (Lipinski definition) is 3. The molecular weight excluding hydrogens is 470 g/mol. The van der Waals surface area contributed by atoms with Crippen LogP contribution in [0.25, 0.3) is 10.9 Å². The number of carbonyl (C=O) groups is 2. The van der Waals surface area contributed by atoms with Crippen LogP contribution < -0.4 is 27.2 Å². The van der Waals surface area contributed by atoms with Gasteiger partial charge in [-0.15, -0.1) is 0 Å². The van der Waals surface area contributed by atoms with E-state index in [1.54, 1.807) is 34.9 Å². The standard InChI is InChI=1S/C28H33N5O4/c1-17(2)33-24-14-13-20(15-22(24)26(35)32(28(33)37)16-18-11-12-18)29-25(34)21-9-6-10-23(21)31-27(36)30-19-7-4-3-5-8-19/h3-5,7-8,13-15,17-18,21,23H,6,9-12,16H2,1-2H3,(H,29,34)(H2,30,31,36). The van der Waals surface area contributed by atoms with Gasteiger partial charge in [-0.25, -0.2) is 9.59 Å². The van der Waals surface area contributed by atoms with Crippen LogP contribution in [0.2, 0.25) is 0 Å². The number of benzene rings is 2. The summed E-state index contributed by atoms with van der Waals surface area (Å²) in [5.74, 6) is -0.206. The first kappa shape index (κ1) is 24.8. The van der Waals surface area contributed by atoms with Crippen LogP contribution in [0.1, 0.15) is 52.0 Å². The highest BCUT2D eigenvalue weighted by molar-refractivity contribution is 5.96. The van der Waals surface area contributed by atoms with Gasteiger partial charge in [0.25, 0.3) is 5.56 Å². The third-order valence-corrected chi connectivity index (χ3v) is 7.29. The highest BCUT2D eigenvalue weighted by Crippen LogP contribution is 2.30. The Balaban J connectivity index is 1.35. The summed E-state index contributed by atoms with van der Waals surface area (Å²) in [7, 11) is 0. The van der Waals surface area contributed by atoms with Gasteiger partial charge in [0, 0.05) is 30.0 Å². The van der Waals surface area contributed by atoms with E-state index in [4.69, 9.17) is 0 Å². The molecule has 2 saturated carbocycles. The minimum Gasteiger partial charge on any atom is -0.334 e. The maximum Gasteiger partial charge on any atom is 0.331 e. The van der Waals surface area contributed by atoms with E-state index in [1.165, 1.54) is 4.57 Å². The molecule has 2 aliphatic carbocycles. The van der Waals surface area contributed by atoms with Gasteiger partial charge in [-0.05, 0) is 75.8 Å². The van der Waals surface area contributed by atoms with Crippen molar-refractivity contribution < 1.29 is 9.59 Å². The molecular formula is C28H33N5O4. The van der Waals surface area contributed by atoms with Crippen molar-refractivity contribution >= 4 is 34.2 Å². The van der Waals surface area contributed by atoms with E-state index >= 15 is 0 Å². The minimum atomic E-state index is -0.381. The van der Waals surface area contributed by atoms with Crippen molar-refractivity contribution in [2.24, 2.45) is 11.8 Å². The molecule has 2 unspecified atom stereocenters. The van der Waals surface area contributed by atoms with Gasteiger partial charge in [0.1, 0.15) is 0 Å². The molecule has 2 atom stereocenters. The Morgan fingerprint density at radius 1 is 0.946 bits per heavy atom. The average Bonchev–Trinajstić information content (AvgIpc) is 3.58. The molecule has 3 aromatic rings. The van der Waals surface area contributed by atoms with Gasteiger partial charge < -0.3 is 16.0 Å². The third-order valence-electron chi connectivity index (χ3n) is 7.29. The Hall–Kier alpha value is -3.88. The van der Waals surface area contributed by atoms with Crippen molar-refractivity contribution in [3.8, 4) is 0 Å². The summed E-state index contributed by atoms with van der Waals surface area (Å²) in [6.07, 6.45) is 4.27. The van der Waals surface area contributed by atoms with Gasteiger partial charge in [0.2, 0.25) is 5.91 Å². The number of aromatic nitrogens is 2. The smallest absolute Gasteiger partial charge is 0.331 e. The number of fused-ring (bicyclic) bond motifs is 1. The summed E-state index contributed by atoms with van der Waals surface area (Å²) >= 11 is 0. The van der Waals surface area contributed by atoms with Crippen LogP contribution in [0, 0.1) is 11.8 Å². The summed E-state index contributed by atoms with van der Waals surface area (Å²) in [6.45, 7) is 4.27. The van der Waals surface area contributed by atoms with Crippen LogP contribution in [0.3, 0.4) is 0 Å². The second-order valence-corrected chi connectivity index (χ2v) is 10.4. The Labute approximate surface area is 214 Å². The third kappa shape index (κ3) is 5.30. The molecule has 2 aliphatic rings. The molecule has 1 aromatic heterocycles. The zero-order chi connectivity index (χ0) is 26.1. The Kier molecular flexibility index (Phi) is 6.86. The summed E-state index contributed by atoms with van der Waals surface area (Å²) in [6, 6.07) is 13.5. The van der Waals surface area contributed by atoms with Crippen LogP contribution in [0.15, 0.2) is 58.1 Å². The first-order chi connectivity index (χ1) is 17.8. The number of rotatable bonds is 7. The molecule has 2 fully saturated rings. The lowest BCUT2D eigenvalue weighted by Crippen LogP contribution is -2.43. The fraction of sp³-hybridized carbons (Fsp3) is 0.429. The Morgan fingerprint density at radius 3 is 2.41 bits per heavy atom. The zero-order valence-electron chi connectivity index (χ0n) is 21.2. The lowest BCUT2D eigenvalue weighted by atomic mass is 10.0. The summed E-state index contributed by atoms with van der Waals surface area (Å²) in [5, 5.41) is 9.10. The number of carbonyl (C=O) groups excluding carboxylic acids is 2. The van der Waals surface area contributed by atoms with Crippen molar-refractivity contribution in [2.75, 3.05) is 10.6 Å². The lowest BCUT2D eigenvalue weighted by molar-refractivity contribution is -0.120. The second-order valence-electron chi connectivity index (χ2n) is 10.4. The quantitative estimate of drug-likeness (QED) is 0.451. The molecule has 3 amide bonds. The fourth-order valence-corrected chi connectivity index (χ4v) is 5.22. The SMILES string of the molecule is CC(C)n1c(=O)n(CC2CC2)c(=O)c2cc(NC(=O)C3CCCC3NC(=O)Nc3ccccc3)ccc21. The molecule has 5 rings (SSSR count). The first-order valence-electron chi connectivity index (χ1n) is 13.0. The van der Waals surface area contributed by atoms with Gasteiger partial charge in [-0.2, -0.15) is 0 Å². The van der Waals surface area contributed by atoms with Gasteiger partial charge >= 0.3 is 11.7 Å². The normalized spacial score (nSPS) is 19.2. The maximum atomic E-state index is 13.3. The Morgan fingerprint density at radius 2 is 1.70 bits per heavy atom. The van der Waals surface area contributed by atoms with Crippen LogP contribution in [0.5, 0.6) is 0 Å². The van der Waals surface area contributed by atoms with E-state index in [9.17, 15) is 19.2 Å². The second kappa shape index (κ2) is 10.2. The highest BCUT2D eigenvalue weighted by Gasteiger charge is 2.34. The van der Waals surface area contributed by atoms with E-state index in [0.717, 1.165) is 19.3 Å². The Bertz CT molecular complexity index is 1440. The predicted molar refractivity (Wildman–Crippen MR) is 144 cm³/mol. The molecule has 0 radical (unpaired) electrons. The van der Waals surface area contributed by atoms with Crippen molar-refractivity contribution in [1.29, 1.82) is 0 Å². The number of nitrogens with zero attached hydrogens (tertiary/aromatic N) is 2. The van der Waals surface area contributed by atoms with E-state index in [1.807, 2.05) is 32.0 Å². The summed E-state index contributed by atoms with van der Waals surface area (Å²) in [4.78, 5) is 52.1. The van der Waals surface area contributed by atoms with Crippen LogP contribution in [-0.4, -0.2) is 27.1 Å². The number of nitrogens with one attached hydrogen (secondary N) is 3. The zero-order valence-corrected chi connectivity index (χ0v) is 21.2. The van der Waals surface area contributed by atoms with E-state index in [2.05, 4.69) is 16.0 Å². The average molecular weight is 504 g/mol. The lowest BCUT2D eigenvalue weighted by Gasteiger charge is -2.21. The van der Waals surface area contributed by atoms with Gasteiger partial charge in [-0.3, -0.25) is 18.7 Å². The van der Waals surface area contributed by atoms with Crippen molar-refractivity contribution in [3.05, 3.63) is 69.4 Å². The largest absolute Gasteiger partial charge is 0.334 e. The van der Waals surface area contributed by atoms with Crippen molar-refractivity contribution in [3.63, 3.8) is 0 Å². The van der Waals surface area contributed by atoms with E-state index in [0.29, 0.717) is 47.6 Å². The first-order valence-corrected chi connectivity index (χ1v) is 13.0. The van der Waals surface area contributed by atoms with Crippen LogP contribution in [0.4, 0.5) is 16.2 Å². The number of urea groups is 1. The number of para-hydroxylation sites is 1. The molecule has 37 heavy (non-hydrogen) atoms. The topological polar surface area (TPSA) is 114 Å². The van der Waals surface area contributed by atoms with Gasteiger partial charge in [0.15, 0.2) is 0 Å². The molecule has 9 nitrogen and oxygen atoms in total. The summed E-state index contributed by atoms with van der Waals surface area (Å²) < 4.78 is 2.99. The molecule has 0 aliphatic heterocycles. The molecule has 1 heterocycles. The number of amides is 3. The van der Waals surface area contributed by atoms with Crippen molar-refractivity contribution in [1.82, 2.24) is 14.5 Å². The van der Waals surface area contributed by atoms with E-state index < -0.39 is 0 Å². The molecule has 9 heteroatoms. The minimum absolute atomic E-state index is 0.117. The van der Waals surface area contributed by atoms with Gasteiger partial charge in [-0.1, -0.05) is 24.6 Å². The van der Waals surface area contributed by atoms with Crippen LogP contribution >= 0.6 is 0 Å². The van der Waals surface area contributed by atoms with Crippen molar-refractivity contribution in [2.45, 2.75) is 64.6 Å². The number of anilines is 2. The maximum absolute atomic E-state index is 13.3. The summed E-state index contributed by atoms with van der Waals surface area (Å²) in [5.41, 5.74) is 1.14. The fourth-order valence-electron chi connectivity index (χ4n) is 5.22. The molecule has 0 saturated heterocycles. The molecule has 2 aromatic carbocycles. The monoisotopic (exact) mass is 503 g/mol. The molecule has 194 valence electrons. The highest BCUT2D eigenvalue weighted by atomic mass is 16.2. The van der Waals surface area contributed by atoms with Crippen LogP contribution in [-0.2, 0) is 11.3 Å². The predicted octanol–water partition coefficient (Wildman–Crippen LogP) is 4.08.